The molecule has 3 aromatic carbocycles. The zero-order chi connectivity index (χ0) is 21.2. The van der Waals surface area contributed by atoms with E-state index in [1.165, 1.54) is 30.2 Å². The van der Waals surface area contributed by atoms with Crippen LogP contribution in [0.15, 0.2) is 66.7 Å². The van der Waals surface area contributed by atoms with E-state index in [-0.39, 0.29) is 11.8 Å². The van der Waals surface area contributed by atoms with Gasteiger partial charge in [-0.3, -0.25) is 4.79 Å². The molecule has 4 aromatic rings. The summed E-state index contributed by atoms with van der Waals surface area (Å²) in [7, 11) is 0. The quantitative estimate of drug-likeness (QED) is 0.335. The molecule has 0 aliphatic carbocycles. The van der Waals surface area contributed by atoms with Crippen LogP contribution in [-0.4, -0.2) is 22.0 Å². The highest BCUT2D eigenvalue weighted by Crippen LogP contribution is 2.36. The Bertz CT molecular complexity index is 1220. The Morgan fingerprint density at radius 3 is 2.65 bits per heavy atom. The highest BCUT2D eigenvalue weighted by Gasteiger charge is 2.35. The standard InChI is InChI=1S/C27H29N3O/c1-2-3-4-9-17-29-25-15-8-7-14-23(25)28-27(29)21-18-26(31)30(19-21)24-16-10-12-20-11-5-6-13-22(20)24/h5-8,10-16,21H,2-4,9,17-19H2,1H3. The summed E-state index contributed by atoms with van der Waals surface area (Å²) in [6, 6.07) is 22.9. The third-order valence-corrected chi connectivity index (χ3v) is 6.47. The minimum Gasteiger partial charge on any atom is -0.328 e. The average molecular weight is 412 g/mol. The Labute approximate surface area is 183 Å². The van der Waals surface area contributed by atoms with Crippen molar-refractivity contribution in [2.75, 3.05) is 11.4 Å². The normalized spacial score (nSPS) is 16.6. The summed E-state index contributed by atoms with van der Waals surface area (Å²) in [6.45, 7) is 3.89. The summed E-state index contributed by atoms with van der Waals surface area (Å²) in [4.78, 5) is 20.1. The number of carbonyl (C=O) groups is 1. The second-order valence-electron chi connectivity index (χ2n) is 8.57. The summed E-state index contributed by atoms with van der Waals surface area (Å²) in [5.41, 5.74) is 3.23. The van der Waals surface area contributed by atoms with Crippen LogP contribution in [0.25, 0.3) is 21.8 Å². The third-order valence-electron chi connectivity index (χ3n) is 6.47. The van der Waals surface area contributed by atoms with E-state index in [0.29, 0.717) is 13.0 Å². The predicted molar refractivity (Wildman–Crippen MR) is 128 cm³/mol. The summed E-state index contributed by atoms with van der Waals surface area (Å²) in [5, 5.41) is 2.30. The van der Waals surface area contributed by atoms with E-state index in [1.54, 1.807) is 0 Å². The molecule has 31 heavy (non-hydrogen) atoms. The van der Waals surface area contributed by atoms with Gasteiger partial charge in [0.2, 0.25) is 5.91 Å². The smallest absolute Gasteiger partial charge is 0.227 e. The van der Waals surface area contributed by atoms with Crippen molar-refractivity contribution in [2.45, 2.75) is 51.5 Å². The molecule has 5 rings (SSSR count). The highest BCUT2D eigenvalue weighted by atomic mass is 16.2. The molecule has 1 aliphatic rings. The molecule has 1 unspecified atom stereocenters. The van der Waals surface area contributed by atoms with Gasteiger partial charge < -0.3 is 9.47 Å². The molecule has 1 aliphatic heterocycles. The number of hydrogen-bond donors (Lipinski definition) is 0. The molecule has 1 atom stereocenters. The lowest BCUT2D eigenvalue weighted by atomic mass is 10.1. The minimum atomic E-state index is 0.116. The molecule has 1 saturated heterocycles. The maximum Gasteiger partial charge on any atom is 0.227 e. The number of benzene rings is 3. The Kier molecular flexibility index (Phi) is 5.46. The summed E-state index contributed by atoms with van der Waals surface area (Å²) >= 11 is 0. The Morgan fingerprint density at radius 1 is 0.935 bits per heavy atom. The number of unbranched alkanes of at least 4 members (excludes halogenated alkanes) is 3. The molecule has 2 heterocycles. The first-order valence-corrected chi connectivity index (χ1v) is 11.5. The van der Waals surface area contributed by atoms with Crippen LogP contribution in [0.1, 0.15) is 50.8 Å². The second kappa shape index (κ2) is 8.54. The van der Waals surface area contributed by atoms with Gasteiger partial charge >= 0.3 is 0 Å². The van der Waals surface area contributed by atoms with E-state index in [0.717, 1.165) is 35.4 Å². The van der Waals surface area contributed by atoms with Crippen molar-refractivity contribution in [2.24, 2.45) is 0 Å². The molecule has 0 saturated carbocycles. The molecular weight excluding hydrogens is 382 g/mol. The first-order chi connectivity index (χ1) is 15.3. The monoisotopic (exact) mass is 411 g/mol. The van der Waals surface area contributed by atoms with Crippen molar-refractivity contribution in [1.82, 2.24) is 9.55 Å². The molecule has 0 N–H and O–H groups in total. The van der Waals surface area contributed by atoms with Gasteiger partial charge in [0.05, 0.1) is 16.7 Å². The zero-order valence-corrected chi connectivity index (χ0v) is 18.1. The second-order valence-corrected chi connectivity index (χ2v) is 8.57. The van der Waals surface area contributed by atoms with E-state index >= 15 is 0 Å². The topological polar surface area (TPSA) is 38.1 Å². The van der Waals surface area contributed by atoms with Crippen LogP contribution in [0.5, 0.6) is 0 Å². The number of amides is 1. The maximum atomic E-state index is 13.1. The van der Waals surface area contributed by atoms with E-state index in [1.807, 2.05) is 29.2 Å². The van der Waals surface area contributed by atoms with Crippen LogP contribution < -0.4 is 4.90 Å². The summed E-state index contributed by atoms with van der Waals surface area (Å²) < 4.78 is 2.37. The highest BCUT2D eigenvalue weighted by molar-refractivity contribution is 6.05. The fraction of sp³-hybridized carbons (Fsp3) is 0.333. The van der Waals surface area contributed by atoms with Crippen LogP contribution in [0.3, 0.4) is 0 Å². The predicted octanol–water partition coefficient (Wildman–Crippen LogP) is 6.29. The van der Waals surface area contributed by atoms with Crippen LogP contribution in [0, 0.1) is 0 Å². The lowest BCUT2D eigenvalue weighted by Gasteiger charge is -2.19. The van der Waals surface area contributed by atoms with Crippen molar-refractivity contribution in [3.8, 4) is 0 Å². The van der Waals surface area contributed by atoms with Gasteiger partial charge in [0.1, 0.15) is 5.82 Å². The van der Waals surface area contributed by atoms with Gasteiger partial charge in [-0.1, -0.05) is 74.7 Å². The average Bonchev–Trinajstić information content (AvgIpc) is 3.37. The van der Waals surface area contributed by atoms with E-state index in [4.69, 9.17) is 4.98 Å². The van der Waals surface area contributed by atoms with Gasteiger partial charge in [-0.25, -0.2) is 4.98 Å². The fourth-order valence-corrected chi connectivity index (χ4v) is 4.89. The Hall–Kier alpha value is -3.14. The number of nitrogens with zero attached hydrogens (tertiary/aromatic N) is 3. The number of para-hydroxylation sites is 2. The summed E-state index contributed by atoms with van der Waals surface area (Å²) in [6.07, 6.45) is 5.39. The number of hydrogen-bond acceptors (Lipinski definition) is 2. The molecule has 1 amide bonds. The maximum absolute atomic E-state index is 13.1. The SMILES string of the molecule is CCCCCCn1c(C2CC(=O)N(c3cccc4ccccc34)C2)nc2ccccc21. The molecule has 158 valence electrons. The minimum absolute atomic E-state index is 0.116. The van der Waals surface area contributed by atoms with Crippen LogP contribution in [-0.2, 0) is 11.3 Å². The number of anilines is 1. The number of carbonyl (C=O) groups excluding carboxylic acids is 1. The van der Waals surface area contributed by atoms with Gasteiger partial charge in [0, 0.05) is 30.8 Å². The van der Waals surface area contributed by atoms with Crippen molar-refractivity contribution < 1.29 is 4.79 Å². The molecular formula is C27H29N3O. The lowest BCUT2D eigenvalue weighted by Crippen LogP contribution is -2.24. The van der Waals surface area contributed by atoms with Gasteiger partial charge in [-0.05, 0) is 30.0 Å². The first kappa shape index (κ1) is 19.8. The lowest BCUT2D eigenvalue weighted by molar-refractivity contribution is -0.117. The summed E-state index contributed by atoms with van der Waals surface area (Å²) in [5.74, 6) is 1.37. The molecule has 0 radical (unpaired) electrons. The fourth-order valence-electron chi connectivity index (χ4n) is 4.89. The van der Waals surface area contributed by atoms with Crippen LogP contribution >= 0.6 is 0 Å². The number of rotatable bonds is 7. The van der Waals surface area contributed by atoms with Crippen LogP contribution in [0.2, 0.25) is 0 Å². The van der Waals surface area contributed by atoms with E-state index < -0.39 is 0 Å². The number of aromatic nitrogens is 2. The van der Waals surface area contributed by atoms with Crippen LogP contribution in [0.4, 0.5) is 5.69 Å². The van der Waals surface area contributed by atoms with Gasteiger partial charge in [-0.15, -0.1) is 0 Å². The number of aryl methyl sites for hydroxylation is 1. The number of imidazole rings is 1. The zero-order valence-electron chi connectivity index (χ0n) is 18.1. The molecule has 0 spiro atoms. The molecule has 1 aromatic heterocycles. The first-order valence-electron chi connectivity index (χ1n) is 11.5. The van der Waals surface area contributed by atoms with Gasteiger partial charge in [0.15, 0.2) is 0 Å². The van der Waals surface area contributed by atoms with E-state index in [9.17, 15) is 4.79 Å². The largest absolute Gasteiger partial charge is 0.328 e. The van der Waals surface area contributed by atoms with Gasteiger partial charge in [0.25, 0.3) is 0 Å². The molecule has 0 bridgehead atoms. The molecule has 1 fully saturated rings. The third kappa shape index (κ3) is 3.71. The van der Waals surface area contributed by atoms with Crippen molar-refractivity contribution in [1.29, 1.82) is 0 Å². The molecule has 4 nitrogen and oxygen atoms in total. The van der Waals surface area contributed by atoms with Crippen molar-refractivity contribution in [3.63, 3.8) is 0 Å². The van der Waals surface area contributed by atoms with Crippen molar-refractivity contribution >= 4 is 33.4 Å². The van der Waals surface area contributed by atoms with Gasteiger partial charge in [-0.2, -0.15) is 0 Å². The Balaban J connectivity index is 1.48. The molecule has 4 heteroatoms. The van der Waals surface area contributed by atoms with E-state index in [2.05, 4.69) is 54.0 Å². The van der Waals surface area contributed by atoms with Crippen molar-refractivity contribution in [3.05, 3.63) is 72.6 Å². The Morgan fingerprint density at radius 2 is 1.74 bits per heavy atom. The number of fused-ring (bicyclic) bond motifs is 2.